The Labute approximate surface area is 203 Å². The summed E-state index contributed by atoms with van der Waals surface area (Å²) >= 11 is 6.41. The Bertz CT molecular complexity index is 1070. The normalized spacial score (nSPS) is 16.7. The quantitative estimate of drug-likeness (QED) is 0.572. The Morgan fingerprint density at radius 3 is 2.36 bits per heavy atom. The number of carbonyl (C=O) groups excluding carboxylic acids is 2. The summed E-state index contributed by atoms with van der Waals surface area (Å²) < 4.78 is 0. The molecule has 1 atom stereocenters. The maximum atomic E-state index is 13.3. The molecular weight excluding hydrogens is 432 g/mol. The van der Waals surface area contributed by atoms with Gasteiger partial charge in [0.15, 0.2) is 0 Å². The van der Waals surface area contributed by atoms with Gasteiger partial charge in [0.05, 0.1) is 0 Å². The lowest BCUT2D eigenvalue weighted by atomic mass is 9.75. The molecule has 178 valence electrons. The first-order valence-electron chi connectivity index (χ1n) is 11.7. The Hall–Kier alpha value is -2.33. The van der Waals surface area contributed by atoms with Crippen molar-refractivity contribution < 1.29 is 9.59 Å². The van der Waals surface area contributed by atoms with E-state index in [1.807, 2.05) is 37.9 Å². The average Bonchev–Trinajstić information content (AvgIpc) is 2.69. The topological polar surface area (TPSA) is 49.4 Å². The van der Waals surface area contributed by atoms with Gasteiger partial charge in [-0.1, -0.05) is 58.4 Å². The minimum atomic E-state index is -0.278. The van der Waals surface area contributed by atoms with Crippen LogP contribution in [0.4, 0.5) is 0 Å². The van der Waals surface area contributed by atoms with E-state index in [2.05, 4.69) is 58.1 Å². The second kappa shape index (κ2) is 9.13. The minimum absolute atomic E-state index is 0.00112. The van der Waals surface area contributed by atoms with Crippen LogP contribution in [0.1, 0.15) is 92.3 Å². The summed E-state index contributed by atoms with van der Waals surface area (Å²) in [4.78, 5) is 27.7. The molecule has 1 N–H and O–H groups in total. The molecule has 33 heavy (non-hydrogen) atoms. The molecule has 0 bridgehead atoms. The fourth-order valence-electron chi connectivity index (χ4n) is 4.54. The van der Waals surface area contributed by atoms with Gasteiger partial charge in [0.25, 0.3) is 11.8 Å². The molecule has 1 aliphatic heterocycles. The summed E-state index contributed by atoms with van der Waals surface area (Å²) in [6, 6.07) is 12.0. The molecule has 3 rings (SSSR count). The molecule has 0 saturated carbocycles. The molecule has 2 aromatic rings. The predicted molar refractivity (Wildman–Crippen MR) is 136 cm³/mol. The maximum absolute atomic E-state index is 13.3. The standard InChI is InChI=1S/C28H37ClN2O2/c1-17(2)30-25(32)19-11-21(14-22(29)12-19)28(6,7)16-23-13-18-9-10-20(27(3,4)5)15-24(18)26(33)31(23)8/h9-12,14-15,17,23H,13,16H2,1-8H3,(H,30,32). The first kappa shape index (κ1) is 25.3. The molecule has 0 spiro atoms. The summed E-state index contributed by atoms with van der Waals surface area (Å²) in [5.74, 6) is -0.0515. The largest absolute Gasteiger partial charge is 0.350 e. The third-order valence-electron chi connectivity index (χ3n) is 6.64. The van der Waals surface area contributed by atoms with Crippen LogP contribution in [0, 0.1) is 0 Å². The lowest BCUT2D eigenvalue weighted by molar-refractivity contribution is 0.0679. The van der Waals surface area contributed by atoms with Crippen LogP contribution in [0.5, 0.6) is 0 Å². The lowest BCUT2D eigenvalue weighted by Crippen LogP contribution is -2.46. The number of rotatable bonds is 5. The van der Waals surface area contributed by atoms with Crippen molar-refractivity contribution in [2.75, 3.05) is 7.05 Å². The second-order valence-corrected chi connectivity index (χ2v) is 11.8. The molecule has 2 aromatic carbocycles. The zero-order chi connectivity index (χ0) is 24.7. The van der Waals surface area contributed by atoms with Crippen molar-refractivity contribution in [3.63, 3.8) is 0 Å². The number of carbonyl (C=O) groups is 2. The van der Waals surface area contributed by atoms with Crippen molar-refractivity contribution in [2.24, 2.45) is 0 Å². The molecule has 0 radical (unpaired) electrons. The smallest absolute Gasteiger partial charge is 0.254 e. The van der Waals surface area contributed by atoms with E-state index in [1.165, 1.54) is 5.56 Å². The van der Waals surface area contributed by atoms with Gasteiger partial charge < -0.3 is 10.2 Å². The van der Waals surface area contributed by atoms with Crippen LogP contribution in [0.3, 0.4) is 0 Å². The van der Waals surface area contributed by atoms with E-state index in [0.29, 0.717) is 10.6 Å². The van der Waals surface area contributed by atoms with E-state index in [4.69, 9.17) is 11.6 Å². The van der Waals surface area contributed by atoms with Gasteiger partial charge in [-0.2, -0.15) is 0 Å². The Kier molecular flexibility index (Phi) is 7.00. The van der Waals surface area contributed by atoms with Crippen molar-refractivity contribution in [3.8, 4) is 0 Å². The first-order valence-corrected chi connectivity index (χ1v) is 12.1. The number of hydrogen-bond donors (Lipinski definition) is 1. The van der Waals surface area contributed by atoms with Crippen LogP contribution in [-0.2, 0) is 17.3 Å². The zero-order valence-electron chi connectivity index (χ0n) is 21.2. The monoisotopic (exact) mass is 468 g/mol. The molecule has 1 unspecified atom stereocenters. The van der Waals surface area contributed by atoms with Gasteiger partial charge in [-0.05, 0) is 78.5 Å². The minimum Gasteiger partial charge on any atom is -0.350 e. The van der Waals surface area contributed by atoms with Gasteiger partial charge in [-0.25, -0.2) is 0 Å². The number of nitrogens with one attached hydrogen (secondary N) is 1. The SMILES string of the molecule is CC(C)NC(=O)c1cc(Cl)cc(C(C)(C)CC2Cc3ccc(C(C)(C)C)cc3C(=O)N2C)c1. The van der Waals surface area contributed by atoms with E-state index in [1.54, 1.807) is 6.07 Å². The van der Waals surface area contributed by atoms with E-state index in [9.17, 15) is 9.59 Å². The molecule has 1 heterocycles. The average molecular weight is 469 g/mol. The molecule has 0 aromatic heterocycles. The van der Waals surface area contributed by atoms with Crippen LogP contribution in [0.25, 0.3) is 0 Å². The van der Waals surface area contributed by atoms with E-state index < -0.39 is 0 Å². The molecule has 0 fully saturated rings. The van der Waals surface area contributed by atoms with Crippen LogP contribution in [0.2, 0.25) is 5.02 Å². The maximum Gasteiger partial charge on any atom is 0.254 e. The van der Waals surface area contributed by atoms with Crippen molar-refractivity contribution >= 4 is 23.4 Å². The zero-order valence-corrected chi connectivity index (χ0v) is 21.9. The second-order valence-electron chi connectivity index (χ2n) is 11.3. The van der Waals surface area contributed by atoms with Crippen molar-refractivity contribution in [1.82, 2.24) is 10.2 Å². The van der Waals surface area contributed by atoms with Crippen molar-refractivity contribution in [3.05, 3.63) is 69.2 Å². The number of amides is 2. The van der Waals surface area contributed by atoms with Gasteiger partial charge in [0, 0.05) is 35.3 Å². The number of benzene rings is 2. The van der Waals surface area contributed by atoms with E-state index in [0.717, 1.165) is 29.5 Å². The van der Waals surface area contributed by atoms with Gasteiger partial charge in [-0.15, -0.1) is 0 Å². The van der Waals surface area contributed by atoms with Gasteiger partial charge in [-0.3, -0.25) is 9.59 Å². The van der Waals surface area contributed by atoms with Gasteiger partial charge in [0.1, 0.15) is 0 Å². The molecule has 4 nitrogen and oxygen atoms in total. The highest BCUT2D eigenvalue weighted by Crippen LogP contribution is 2.36. The highest BCUT2D eigenvalue weighted by molar-refractivity contribution is 6.31. The van der Waals surface area contributed by atoms with Gasteiger partial charge >= 0.3 is 0 Å². The Balaban J connectivity index is 1.88. The number of hydrogen-bond acceptors (Lipinski definition) is 2. The Morgan fingerprint density at radius 2 is 1.76 bits per heavy atom. The van der Waals surface area contributed by atoms with E-state index in [-0.39, 0.29) is 34.7 Å². The third kappa shape index (κ3) is 5.60. The summed E-state index contributed by atoms with van der Waals surface area (Å²) in [7, 11) is 1.90. The molecule has 5 heteroatoms. The number of nitrogens with zero attached hydrogens (tertiary/aromatic N) is 1. The fourth-order valence-corrected chi connectivity index (χ4v) is 4.77. The van der Waals surface area contributed by atoms with Crippen LogP contribution < -0.4 is 5.32 Å². The van der Waals surface area contributed by atoms with Crippen molar-refractivity contribution in [2.45, 2.75) is 84.2 Å². The summed E-state index contributed by atoms with van der Waals surface area (Å²) in [5, 5.41) is 3.48. The summed E-state index contributed by atoms with van der Waals surface area (Å²) in [5.41, 5.74) is 4.38. The molecule has 0 saturated heterocycles. The highest BCUT2D eigenvalue weighted by Gasteiger charge is 2.35. The Morgan fingerprint density at radius 1 is 1.09 bits per heavy atom. The molecule has 0 aliphatic carbocycles. The molecule has 1 aliphatic rings. The summed E-state index contributed by atoms with van der Waals surface area (Å²) in [6.07, 6.45) is 1.58. The van der Waals surface area contributed by atoms with Crippen LogP contribution >= 0.6 is 11.6 Å². The fraction of sp³-hybridized carbons (Fsp3) is 0.500. The third-order valence-corrected chi connectivity index (χ3v) is 6.86. The number of halogens is 1. The predicted octanol–water partition coefficient (Wildman–Crippen LogP) is 6.14. The summed E-state index contributed by atoms with van der Waals surface area (Å²) in [6.45, 7) is 14.7. The lowest BCUT2D eigenvalue weighted by Gasteiger charge is -2.39. The van der Waals surface area contributed by atoms with Gasteiger partial charge in [0.2, 0.25) is 0 Å². The van der Waals surface area contributed by atoms with Crippen molar-refractivity contribution in [1.29, 1.82) is 0 Å². The van der Waals surface area contributed by atoms with E-state index >= 15 is 0 Å². The molecular formula is C28H37ClN2O2. The van der Waals surface area contributed by atoms with Crippen LogP contribution in [0.15, 0.2) is 36.4 Å². The first-order chi connectivity index (χ1) is 15.2. The number of likely N-dealkylation sites (N-methyl/N-ethyl adjacent to an activating group) is 1. The van der Waals surface area contributed by atoms with Crippen LogP contribution in [-0.4, -0.2) is 35.8 Å². The highest BCUT2D eigenvalue weighted by atomic mass is 35.5. The number of fused-ring (bicyclic) bond motifs is 1. The molecule has 2 amide bonds.